The Morgan fingerprint density at radius 2 is 2.08 bits per heavy atom. The van der Waals surface area contributed by atoms with Gasteiger partial charge in [-0.3, -0.25) is 19.5 Å². The van der Waals surface area contributed by atoms with Gasteiger partial charge in [-0.15, -0.1) is 0 Å². The average molecular weight is 394 g/mol. The summed E-state index contributed by atoms with van der Waals surface area (Å²) in [6.45, 7) is 3.88. The van der Waals surface area contributed by atoms with Crippen LogP contribution in [0.15, 0.2) is 29.3 Å². The van der Waals surface area contributed by atoms with Crippen LogP contribution in [0.25, 0.3) is 0 Å². The molecule has 0 radical (unpaired) electrons. The van der Waals surface area contributed by atoms with E-state index < -0.39 is 17.7 Å². The van der Waals surface area contributed by atoms with Crippen LogP contribution < -0.4 is 15.1 Å². The number of quaternary nitrogens is 1. The second-order valence-corrected chi connectivity index (χ2v) is 7.36. The quantitative estimate of drug-likeness (QED) is 0.442. The standard InChI is InChI=1S/C18H21ClN4O2S/c19-13-5-4-6-14(11-13)23-17(25)15(16(24)21-18(23)26)12-20-7-10-22-8-2-1-3-9-22/h4-6,11-12,15H,1-3,7-10H2,(H,21,24,26)/p+1/t15-/m0/s1. The molecule has 3 rings (SSSR count). The Morgan fingerprint density at radius 3 is 2.81 bits per heavy atom. The molecule has 2 N–H and O–H groups in total. The molecular formula is C18H22ClN4O2S+. The highest BCUT2D eigenvalue weighted by Gasteiger charge is 2.38. The predicted octanol–water partition coefficient (Wildman–Crippen LogP) is 0.843. The Labute approximate surface area is 163 Å². The second kappa shape index (κ2) is 8.70. The minimum Gasteiger partial charge on any atom is -0.333 e. The van der Waals surface area contributed by atoms with Crippen molar-refractivity contribution in [3.63, 3.8) is 0 Å². The van der Waals surface area contributed by atoms with E-state index in [1.165, 1.54) is 48.4 Å². The maximum Gasteiger partial charge on any atom is 0.251 e. The van der Waals surface area contributed by atoms with Gasteiger partial charge in [-0.2, -0.15) is 0 Å². The lowest BCUT2D eigenvalue weighted by molar-refractivity contribution is -0.903. The number of nitrogens with zero attached hydrogens (tertiary/aromatic N) is 2. The van der Waals surface area contributed by atoms with E-state index in [2.05, 4.69) is 10.3 Å². The second-order valence-electron chi connectivity index (χ2n) is 6.54. The zero-order valence-electron chi connectivity index (χ0n) is 14.4. The van der Waals surface area contributed by atoms with Gasteiger partial charge in [0.15, 0.2) is 11.0 Å². The summed E-state index contributed by atoms with van der Waals surface area (Å²) in [4.78, 5) is 32.2. The molecule has 0 unspecified atom stereocenters. The van der Waals surface area contributed by atoms with Crippen LogP contribution in [-0.2, 0) is 9.59 Å². The molecule has 2 aliphatic rings. The summed E-state index contributed by atoms with van der Waals surface area (Å²) in [6.07, 6.45) is 5.27. The maximum atomic E-state index is 12.8. The molecule has 2 aliphatic heterocycles. The van der Waals surface area contributed by atoms with E-state index in [0.29, 0.717) is 17.3 Å². The fraction of sp³-hybridized carbons (Fsp3) is 0.444. The highest BCUT2D eigenvalue weighted by Crippen LogP contribution is 2.23. The number of hydrogen-bond acceptors (Lipinski definition) is 4. The molecule has 2 amide bonds. The van der Waals surface area contributed by atoms with Gasteiger partial charge in [-0.1, -0.05) is 17.7 Å². The number of halogens is 1. The first-order valence-electron chi connectivity index (χ1n) is 8.84. The van der Waals surface area contributed by atoms with Crippen molar-refractivity contribution in [3.8, 4) is 0 Å². The number of carbonyl (C=O) groups excluding carboxylic acids is 2. The number of anilines is 1. The Morgan fingerprint density at radius 1 is 1.31 bits per heavy atom. The summed E-state index contributed by atoms with van der Waals surface area (Å²) in [5.74, 6) is -1.82. The predicted molar refractivity (Wildman–Crippen MR) is 106 cm³/mol. The third-order valence-corrected chi connectivity index (χ3v) is 5.20. The summed E-state index contributed by atoms with van der Waals surface area (Å²) in [6, 6.07) is 6.80. The number of carbonyl (C=O) groups is 2. The van der Waals surface area contributed by atoms with Crippen LogP contribution in [0.5, 0.6) is 0 Å². The molecule has 2 heterocycles. The molecular weight excluding hydrogens is 372 g/mol. The van der Waals surface area contributed by atoms with Gasteiger partial charge in [0.1, 0.15) is 0 Å². The zero-order chi connectivity index (χ0) is 18.5. The number of rotatable bonds is 5. The van der Waals surface area contributed by atoms with Crippen molar-refractivity contribution in [2.75, 3.05) is 31.1 Å². The molecule has 8 heteroatoms. The fourth-order valence-electron chi connectivity index (χ4n) is 3.29. The van der Waals surface area contributed by atoms with Crippen LogP contribution in [0.1, 0.15) is 19.3 Å². The smallest absolute Gasteiger partial charge is 0.251 e. The van der Waals surface area contributed by atoms with Crippen molar-refractivity contribution in [2.45, 2.75) is 19.3 Å². The van der Waals surface area contributed by atoms with Crippen molar-refractivity contribution in [2.24, 2.45) is 10.9 Å². The molecule has 0 aromatic heterocycles. The summed E-state index contributed by atoms with van der Waals surface area (Å²) in [5.41, 5.74) is 0.531. The molecule has 0 bridgehead atoms. The molecule has 1 atom stereocenters. The molecule has 26 heavy (non-hydrogen) atoms. The number of thiocarbonyl (C=S) groups is 1. The number of aliphatic imine (C=N–C) groups is 1. The van der Waals surface area contributed by atoms with Crippen LogP contribution in [0.3, 0.4) is 0 Å². The van der Waals surface area contributed by atoms with Crippen molar-refractivity contribution in [1.29, 1.82) is 0 Å². The van der Waals surface area contributed by atoms with Gasteiger partial charge < -0.3 is 10.2 Å². The van der Waals surface area contributed by atoms with Crippen molar-refractivity contribution < 1.29 is 14.5 Å². The third-order valence-electron chi connectivity index (χ3n) is 4.68. The molecule has 6 nitrogen and oxygen atoms in total. The Kier molecular flexibility index (Phi) is 6.34. The first-order valence-corrected chi connectivity index (χ1v) is 9.63. The van der Waals surface area contributed by atoms with Crippen LogP contribution >= 0.6 is 23.8 Å². The lowest BCUT2D eigenvalue weighted by atomic mass is 10.1. The van der Waals surface area contributed by atoms with Crippen LogP contribution in [0, 0.1) is 5.92 Å². The molecule has 0 aliphatic carbocycles. The number of likely N-dealkylation sites (tertiary alicyclic amines) is 1. The number of benzene rings is 1. The Bertz CT molecular complexity index is 734. The normalized spacial score (nSPS) is 22.1. The topological polar surface area (TPSA) is 66.2 Å². The van der Waals surface area contributed by atoms with E-state index >= 15 is 0 Å². The Hall–Kier alpha value is -1.83. The minimum atomic E-state index is -0.975. The molecule has 1 aromatic rings. The van der Waals surface area contributed by atoms with Gasteiger partial charge in [-0.05, 0) is 49.7 Å². The summed E-state index contributed by atoms with van der Waals surface area (Å²) < 4.78 is 0. The molecule has 0 spiro atoms. The van der Waals surface area contributed by atoms with E-state index in [-0.39, 0.29) is 5.11 Å². The molecule has 2 fully saturated rings. The SMILES string of the molecule is O=C1NC(=S)N(c2cccc(Cl)c2)C(=O)[C@H]1C=NCC[NH+]1CCCCC1. The molecule has 0 saturated carbocycles. The van der Waals surface area contributed by atoms with Crippen LogP contribution in [0.2, 0.25) is 5.02 Å². The highest BCUT2D eigenvalue weighted by atomic mass is 35.5. The summed E-state index contributed by atoms with van der Waals surface area (Å²) in [7, 11) is 0. The maximum absolute atomic E-state index is 12.8. The summed E-state index contributed by atoms with van der Waals surface area (Å²) >= 11 is 11.2. The van der Waals surface area contributed by atoms with Crippen LogP contribution in [0.4, 0.5) is 5.69 Å². The highest BCUT2D eigenvalue weighted by molar-refractivity contribution is 7.80. The third kappa shape index (κ3) is 4.47. The van der Waals surface area contributed by atoms with E-state index in [1.54, 1.807) is 24.3 Å². The van der Waals surface area contributed by atoms with Gasteiger partial charge in [0.05, 0.1) is 31.9 Å². The van der Waals surface area contributed by atoms with Gasteiger partial charge in [-0.25, -0.2) is 0 Å². The molecule has 2 saturated heterocycles. The van der Waals surface area contributed by atoms with Crippen LogP contribution in [-0.4, -0.2) is 49.3 Å². The number of nitrogens with one attached hydrogen (secondary N) is 2. The molecule has 1 aromatic carbocycles. The lowest BCUT2D eigenvalue weighted by Crippen LogP contribution is -3.13. The number of piperidine rings is 1. The zero-order valence-corrected chi connectivity index (χ0v) is 16.0. The number of hydrogen-bond donors (Lipinski definition) is 2. The van der Waals surface area contributed by atoms with E-state index in [4.69, 9.17) is 23.8 Å². The van der Waals surface area contributed by atoms with Gasteiger partial charge in [0.2, 0.25) is 5.91 Å². The van der Waals surface area contributed by atoms with E-state index in [1.807, 2.05) is 0 Å². The average Bonchev–Trinajstić information content (AvgIpc) is 2.61. The molecule has 138 valence electrons. The van der Waals surface area contributed by atoms with E-state index in [0.717, 1.165) is 6.54 Å². The lowest BCUT2D eigenvalue weighted by Gasteiger charge is -2.31. The van der Waals surface area contributed by atoms with Gasteiger partial charge in [0, 0.05) is 11.2 Å². The largest absolute Gasteiger partial charge is 0.333 e. The monoisotopic (exact) mass is 393 g/mol. The van der Waals surface area contributed by atoms with Crippen molar-refractivity contribution in [1.82, 2.24) is 5.32 Å². The fourth-order valence-corrected chi connectivity index (χ4v) is 3.77. The first-order chi connectivity index (χ1) is 12.6. The van der Waals surface area contributed by atoms with Gasteiger partial charge in [0.25, 0.3) is 5.91 Å². The van der Waals surface area contributed by atoms with Crippen molar-refractivity contribution in [3.05, 3.63) is 29.3 Å². The van der Waals surface area contributed by atoms with E-state index in [9.17, 15) is 9.59 Å². The van der Waals surface area contributed by atoms with Gasteiger partial charge >= 0.3 is 0 Å². The first kappa shape index (κ1) is 18.9. The van der Waals surface area contributed by atoms with Crippen molar-refractivity contribution >= 4 is 52.6 Å². The summed E-state index contributed by atoms with van der Waals surface area (Å²) in [5, 5.41) is 3.13. The number of amides is 2. The minimum absolute atomic E-state index is 0.0599. The Balaban J connectivity index is 1.66.